The number of halogens is 3. The van der Waals surface area contributed by atoms with E-state index in [1.807, 2.05) is 12.1 Å². The lowest BCUT2D eigenvalue weighted by molar-refractivity contribution is -0.274. The monoisotopic (exact) mass is 453 g/mol. The van der Waals surface area contributed by atoms with Crippen molar-refractivity contribution in [3.63, 3.8) is 0 Å². The van der Waals surface area contributed by atoms with Crippen LogP contribution in [-0.4, -0.2) is 32.0 Å². The maximum Gasteiger partial charge on any atom is 0.573 e. The van der Waals surface area contributed by atoms with Crippen LogP contribution in [0.15, 0.2) is 65.8 Å². The van der Waals surface area contributed by atoms with E-state index in [9.17, 15) is 18.0 Å². The molecule has 0 atom stereocenters. The molecule has 0 saturated carbocycles. The van der Waals surface area contributed by atoms with Gasteiger partial charge >= 0.3 is 12.1 Å². The van der Waals surface area contributed by atoms with Crippen LogP contribution in [0.25, 0.3) is 28.2 Å². The number of imidazole rings is 1. The molecule has 0 bridgehead atoms. The minimum atomic E-state index is -4.90. The van der Waals surface area contributed by atoms with E-state index < -0.39 is 17.8 Å². The molecule has 0 aliphatic carbocycles. The highest BCUT2D eigenvalue weighted by Gasteiger charge is 2.33. The van der Waals surface area contributed by atoms with Gasteiger partial charge in [0.15, 0.2) is 5.75 Å². The van der Waals surface area contributed by atoms with Gasteiger partial charge in [0.05, 0.1) is 17.1 Å². The number of pyridine rings is 2. The van der Waals surface area contributed by atoms with Gasteiger partial charge in [0.25, 0.3) is 0 Å². The number of rotatable bonds is 4. The molecule has 4 aromatic rings. The molecule has 0 spiro atoms. The smallest absolute Gasteiger partial charge is 0.404 e. The number of anilines is 1. The summed E-state index contributed by atoms with van der Waals surface area (Å²) in [4.78, 5) is 21.7. The Labute approximate surface area is 186 Å². The van der Waals surface area contributed by atoms with Gasteiger partial charge in [0.1, 0.15) is 5.82 Å². The van der Waals surface area contributed by atoms with Crippen LogP contribution in [-0.2, 0) is 13.5 Å². The topological polar surface area (TPSA) is 74.0 Å². The highest BCUT2D eigenvalue weighted by atomic mass is 19.4. The van der Waals surface area contributed by atoms with Crippen molar-refractivity contribution in [2.24, 2.45) is 7.05 Å². The quantitative estimate of drug-likeness (QED) is 0.502. The van der Waals surface area contributed by atoms with Gasteiger partial charge in [-0.3, -0.25) is 9.55 Å². The average molecular weight is 453 g/mol. The average Bonchev–Trinajstić information content (AvgIpc) is 3.37. The molecule has 1 aliphatic heterocycles. The molecule has 0 radical (unpaired) electrons. The summed E-state index contributed by atoms with van der Waals surface area (Å²) < 4.78 is 45.5. The molecule has 7 nitrogen and oxygen atoms in total. The molecule has 0 amide bonds. The standard InChI is InChI=1S/C23H18F3N5O2/c1-30-13-19(31(22(30)32)18-4-2-3-5-20(18)33-23(24,25)26)17-11-14(6-8-27-17)16-10-15-7-9-28-21(15)29-12-16/h2-6,8,10-13H,7,9H2,1H3,(H,28,29). The molecule has 33 heavy (non-hydrogen) atoms. The van der Waals surface area contributed by atoms with Crippen LogP contribution in [0.5, 0.6) is 5.75 Å². The molecule has 5 rings (SSSR count). The molecule has 10 heteroatoms. The number of ether oxygens (including phenoxy) is 1. The van der Waals surface area contributed by atoms with Gasteiger partial charge in [-0.25, -0.2) is 9.78 Å². The highest BCUT2D eigenvalue weighted by molar-refractivity contribution is 5.71. The normalized spacial score (nSPS) is 13.0. The summed E-state index contributed by atoms with van der Waals surface area (Å²) in [5, 5.41) is 3.22. The Hall–Kier alpha value is -4.08. The van der Waals surface area contributed by atoms with Crippen molar-refractivity contribution in [3.8, 4) is 34.0 Å². The summed E-state index contributed by atoms with van der Waals surface area (Å²) in [5.74, 6) is 0.386. The van der Waals surface area contributed by atoms with Crippen LogP contribution in [0.1, 0.15) is 5.56 Å². The summed E-state index contributed by atoms with van der Waals surface area (Å²) in [6, 6.07) is 11.2. The maximum atomic E-state index is 13.0. The van der Waals surface area contributed by atoms with Crippen molar-refractivity contribution in [1.82, 2.24) is 19.1 Å². The van der Waals surface area contributed by atoms with E-state index >= 15 is 0 Å². The summed E-state index contributed by atoms with van der Waals surface area (Å²) in [6.07, 6.45) is 0.852. The summed E-state index contributed by atoms with van der Waals surface area (Å²) in [6.45, 7) is 0.836. The van der Waals surface area contributed by atoms with Gasteiger partial charge in [-0.1, -0.05) is 12.1 Å². The van der Waals surface area contributed by atoms with Crippen molar-refractivity contribution in [2.45, 2.75) is 12.8 Å². The second-order valence-electron chi connectivity index (χ2n) is 7.60. The Morgan fingerprint density at radius 1 is 1.09 bits per heavy atom. The third-order valence-corrected chi connectivity index (χ3v) is 5.39. The molecule has 0 fully saturated rings. The van der Waals surface area contributed by atoms with Crippen LogP contribution in [0.4, 0.5) is 19.0 Å². The van der Waals surface area contributed by atoms with E-state index in [0.29, 0.717) is 11.4 Å². The van der Waals surface area contributed by atoms with Crippen LogP contribution >= 0.6 is 0 Å². The molecule has 3 aromatic heterocycles. The Morgan fingerprint density at radius 3 is 2.73 bits per heavy atom. The number of aromatic nitrogens is 4. The van der Waals surface area contributed by atoms with Crippen molar-refractivity contribution < 1.29 is 17.9 Å². The van der Waals surface area contributed by atoms with Crippen molar-refractivity contribution in [3.05, 3.63) is 77.1 Å². The van der Waals surface area contributed by atoms with E-state index in [-0.39, 0.29) is 5.69 Å². The number of hydrogen-bond acceptors (Lipinski definition) is 5. The minimum Gasteiger partial charge on any atom is -0.404 e. The molecule has 1 N–H and O–H groups in total. The lowest BCUT2D eigenvalue weighted by Crippen LogP contribution is -2.24. The second-order valence-corrected chi connectivity index (χ2v) is 7.60. The predicted molar refractivity (Wildman–Crippen MR) is 116 cm³/mol. The Kier molecular flexibility index (Phi) is 4.92. The van der Waals surface area contributed by atoms with Crippen LogP contribution in [0.3, 0.4) is 0 Å². The lowest BCUT2D eigenvalue weighted by Gasteiger charge is -2.15. The number of nitrogens with one attached hydrogen (secondary N) is 1. The zero-order chi connectivity index (χ0) is 23.2. The van der Waals surface area contributed by atoms with E-state index in [0.717, 1.165) is 40.0 Å². The zero-order valence-electron chi connectivity index (χ0n) is 17.4. The number of nitrogens with zero attached hydrogens (tertiary/aromatic N) is 4. The molecule has 0 unspecified atom stereocenters. The Bertz CT molecular complexity index is 1410. The first-order valence-corrected chi connectivity index (χ1v) is 10.1. The fraction of sp³-hybridized carbons (Fsp3) is 0.174. The van der Waals surface area contributed by atoms with Gasteiger partial charge in [-0.05, 0) is 47.9 Å². The molecule has 1 aliphatic rings. The Morgan fingerprint density at radius 2 is 1.91 bits per heavy atom. The maximum absolute atomic E-state index is 13.0. The number of alkyl halides is 3. The second kappa shape index (κ2) is 7.80. The third-order valence-electron chi connectivity index (χ3n) is 5.39. The summed E-state index contributed by atoms with van der Waals surface area (Å²) >= 11 is 0. The molecule has 168 valence electrons. The number of benzene rings is 1. The fourth-order valence-electron chi connectivity index (χ4n) is 3.91. The molecule has 4 heterocycles. The molecular formula is C23H18F3N5O2. The zero-order valence-corrected chi connectivity index (χ0v) is 17.4. The van der Waals surface area contributed by atoms with Gasteiger partial charge in [-0.2, -0.15) is 0 Å². The lowest BCUT2D eigenvalue weighted by atomic mass is 10.0. The van der Waals surface area contributed by atoms with E-state index in [1.54, 1.807) is 18.5 Å². The summed E-state index contributed by atoms with van der Waals surface area (Å²) in [5.41, 5.74) is 3.01. The SMILES string of the molecule is Cn1cc(-c2cc(-c3cnc4c(c3)CCN4)ccn2)n(-c2ccccc2OC(F)(F)F)c1=O. The summed E-state index contributed by atoms with van der Waals surface area (Å²) in [7, 11) is 1.52. The number of para-hydroxylation sites is 2. The minimum absolute atomic E-state index is 0.0344. The molecule has 0 saturated heterocycles. The Balaban J connectivity index is 1.63. The van der Waals surface area contributed by atoms with Crippen molar-refractivity contribution in [1.29, 1.82) is 0 Å². The van der Waals surface area contributed by atoms with Crippen LogP contribution < -0.4 is 15.7 Å². The van der Waals surface area contributed by atoms with E-state index in [2.05, 4.69) is 20.0 Å². The van der Waals surface area contributed by atoms with Crippen LogP contribution in [0.2, 0.25) is 0 Å². The van der Waals surface area contributed by atoms with E-state index in [1.165, 1.54) is 42.1 Å². The first-order valence-electron chi connectivity index (χ1n) is 10.1. The number of fused-ring (bicyclic) bond motifs is 1. The fourth-order valence-corrected chi connectivity index (χ4v) is 3.91. The van der Waals surface area contributed by atoms with Crippen LogP contribution in [0, 0.1) is 0 Å². The first kappa shape index (κ1) is 20.8. The molecule has 1 aromatic carbocycles. The predicted octanol–water partition coefficient (Wildman–Crippen LogP) is 4.17. The molecular weight excluding hydrogens is 435 g/mol. The van der Waals surface area contributed by atoms with Crippen molar-refractivity contribution >= 4 is 5.82 Å². The van der Waals surface area contributed by atoms with Gasteiger partial charge in [-0.15, -0.1) is 13.2 Å². The largest absolute Gasteiger partial charge is 0.573 e. The highest BCUT2D eigenvalue weighted by Crippen LogP contribution is 2.32. The van der Waals surface area contributed by atoms with Gasteiger partial charge in [0.2, 0.25) is 0 Å². The van der Waals surface area contributed by atoms with Gasteiger partial charge in [0, 0.05) is 37.7 Å². The van der Waals surface area contributed by atoms with Gasteiger partial charge < -0.3 is 14.6 Å². The van der Waals surface area contributed by atoms with E-state index in [4.69, 9.17) is 0 Å². The third kappa shape index (κ3) is 3.95. The van der Waals surface area contributed by atoms with Crippen molar-refractivity contribution in [2.75, 3.05) is 11.9 Å². The first-order chi connectivity index (χ1) is 15.8. The number of aryl methyl sites for hydroxylation is 1. The number of hydrogen-bond donors (Lipinski definition) is 1.